The van der Waals surface area contributed by atoms with Crippen molar-refractivity contribution >= 4 is 40.0 Å². The summed E-state index contributed by atoms with van der Waals surface area (Å²) in [6.07, 6.45) is 0.899. The fourth-order valence-electron chi connectivity index (χ4n) is 1.90. The lowest BCUT2D eigenvalue weighted by Gasteiger charge is -2.12. The fourth-order valence-corrected chi connectivity index (χ4v) is 2.42. The number of nitrogens with zero attached hydrogens (tertiary/aromatic N) is 1. The van der Waals surface area contributed by atoms with Gasteiger partial charge in [-0.05, 0) is 30.0 Å². The van der Waals surface area contributed by atoms with Crippen LogP contribution in [0.2, 0.25) is 0 Å². The van der Waals surface area contributed by atoms with Crippen molar-refractivity contribution in [2.24, 2.45) is 16.0 Å². The van der Waals surface area contributed by atoms with Crippen LogP contribution < -0.4 is 15.8 Å². The zero-order chi connectivity index (χ0) is 18.0. The molecule has 144 valence electrons. The Labute approximate surface area is 167 Å². The van der Waals surface area contributed by atoms with E-state index in [9.17, 15) is 8.42 Å². The first-order valence-corrected chi connectivity index (χ1v) is 9.51. The van der Waals surface area contributed by atoms with Crippen LogP contribution in [0.4, 0.5) is 0 Å². The van der Waals surface area contributed by atoms with Gasteiger partial charge in [0.05, 0.1) is 4.90 Å². The number of benzene rings is 1. The first-order valence-electron chi connectivity index (χ1n) is 7.97. The second-order valence-corrected chi connectivity index (χ2v) is 7.43. The Morgan fingerprint density at radius 1 is 1.24 bits per heavy atom. The van der Waals surface area contributed by atoms with Crippen molar-refractivity contribution in [3.05, 3.63) is 29.8 Å². The maximum Gasteiger partial charge on any atom is 0.238 e. The van der Waals surface area contributed by atoms with Crippen molar-refractivity contribution in [1.82, 2.24) is 10.6 Å². The first-order chi connectivity index (χ1) is 11.3. The number of hydrogen-bond acceptors (Lipinski definition) is 4. The molecular formula is C16H29IN4O3S. The highest BCUT2D eigenvalue weighted by Gasteiger charge is 2.06. The molecule has 0 unspecified atom stereocenters. The zero-order valence-electron chi connectivity index (χ0n) is 15.0. The molecule has 1 aromatic rings. The van der Waals surface area contributed by atoms with Gasteiger partial charge in [-0.15, -0.1) is 24.0 Å². The maximum atomic E-state index is 11.2. The largest absolute Gasteiger partial charge is 0.381 e. The summed E-state index contributed by atoms with van der Waals surface area (Å²) in [6, 6.07) is 6.43. The van der Waals surface area contributed by atoms with E-state index in [1.807, 2.05) is 0 Å². The van der Waals surface area contributed by atoms with Crippen molar-refractivity contribution in [3.8, 4) is 0 Å². The number of sulfonamides is 1. The van der Waals surface area contributed by atoms with Crippen molar-refractivity contribution in [1.29, 1.82) is 0 Å². The highest BCUT2D eigenvalue weighted by molar-refractivity contribution is 14.0. The van der Waals surface area contributed by atoms with Gasteiger partial charge in [-0.25, -0.2) is 13.6 Å². The number of halogens is 1. The van der Waals surface area contributed by atoms with Gasteiger partial charge in [-0.3, -0.25) is 4.99 Å². The minimum Gasteiger partial charge on any atom is -0.381 e. The number of hydrogen-bond donors (Lipinski definition) is 3. The Bertz CT molecular complexity index is 619. The van der Waals surface area contributed by atoms with E-state index in [0.717, 1.165) is 31.7 Å². The molecule has 0 atom stereocenters. The molecule has 7 nitrogen and oxygen atoms in total. The summed E-state index contributed by atoms with van der Waals surface area (Å²) in [5, 5.41) is 11.5. The number of nitrogens with one attached hydrogen (secondary N) is 2. The first kappa shape index (κ1) is 24.1. The molecule has 25 heavy (non-hydrogen) atoms. The van der Waals surface area contributed by atoms with Crippen LogP contribution in [-0.2, 0) is 21.3 Å². The number of guanidine groups is 1. The molecule has 0 saturated heterocycles. The lowest BCUT2D eigenvalue weighted by Crippen LogP contribution is -2.37. The van der Waals surface area contributed by atoms with Gasteiger partial charge in [0, 0.05) is 33.4 Å². The van der Waals surface area contributed by atoms with Gasteiger partial charge in [0.2, 0.25) is 10.0 Å². The molecule has 0 heterocycles. The van der Waals surface area contributed by atoms with Crippen LogP contribution >= 0.6 is 24.0 Å². The van der Waals surface area contributed by atoms with E-state index in [1.165, 1.54) is 12.1 Å². The maximum absolute atomic E-state index is 11.2. The van der Waals surface area contributed by atoms with Crippen LogP contribution in [0, 0.1) is 5.92 Å². The molecular weight excluding hydrogens is 455 g/mol. The van der Waals surface area contributed by atoms with E-state index in [0.29, 0.717) is 18.4 Å². The number of nitrogens with two attached hydrogens (primary N) is 1. The fraction of sp³-hybridized carbons (Fsp3) is 0.562. The summed E-state index contributed by atoms with van der Waals surface area (Å²) in [5.41, 5.74) is 0.936. The molecule has 0 fully saturated rings. The van der Waals surface area contributed by atoms with Crippen molar-refractivity contribution in [2.75, 3.05) is 26.8 Å². The zero-order valence-corrected chi connectivity index (χ0v) is 18.1. The summed E-state index contributed by atoms with van der Waals surface area (Å²) >= 11 is 0. The molecule has 0 amide bonds. The average Bonchev–Trinajstić information content (AvgIpc) is 2.52. The summed E-state index contributed by atoms with van der Waals surface area (Å²) in [5.74, 6) is 1.24. The number of primary sulfonamides is 1. The lowest BCUT2D eigenvalue weighted by atomic mass is 10.2. The van der Waals surface area contributed by atoms with Gasteiger partial charge in [0.25, 0.3) is 0 Å². The molecule has 0 aliphatic carbocycles. The smallest absolute Gasteiger partial charge is 0.238 e. The molecule has 0 spiro atoms. The van der Waals surface area contributed by atoms with Gasteiger partial charge in [-0.2, -0.15) is 0 Å². The molecule has 0 bridgehead atoms. The predicted octanol–water partition coefficient (Wildman–Crippen LogP) is 1.68. The van der Waals surface area contributed by atoms with E-state index in [2.05, 4.69) is 29.5 Å². The van der Waals surface area contributed by atoms with Gasteiger partial charge in [0.1, 0.15) is 0 Å². The van der Waals surface area contributed by atoms with E-state index in [1.54, 1.807) is 19.2 Å². The topological polar surface area (TPSA) is 106 Å². The van der Waals surface area contributed by atoms with E-state index in [4.69, 9.17) is 9.88 Å². The van der Waals surface area contributed by atoms with E-state index in [-0.39, 0.29) is 28.9 Å². The van der Waals surface area contributed by atoms with Gasteiger partial charge < -0.3 is 15.4 Å². The molecule has 1 aromatic carbocycles. The Morgan fingerprint density at radius 3 is 2.40 bits per heavy atom. The van der Waals surface area contributed by atoms with Crippen LogP contribution in [0.3, 0.4) is 0 Å². The van der Waals surface area contributed by atoms with Gasteiger partial charge >= 0.3 is 0 Å². The molecule has 0 aliphatic rings. The summed E-state index contributed by atoms with van der Waals surface area (Å²) in [6.45, 7) is 7.05. The monoisotopic (exact) mass is 484 g/mol. The molecule has 0 aliphatic heterocycles. The molecule has 0 saturated carbocycles. The standard InChI is InChI=1S/C16H28N4O3S.HI/c1-13(2)12-23-10-4-9-19-16(18-3)20-11-14-5-7-15(8-6-14)24(17,21)22;/h5-8,13H,4,9-12H2,1-3H3,(H2,17,21,22)(H2,18,19,20);1H. The summed E-state index contributed by atoms with van der Waals surface area (Å²) < 4.78 is 27.9. The third kappa shape index (κ3) is 10.6. The SMILES string of the molecule is CN=C(NCCCOCC(C)C)NCc1ccc(S(N)(=O)=O)cc1.I. The predicted molar refractivity (Wildman–Crippen MR) is 112 cm³/mol. The second-order valence-electron chi connectivity index (χ2n) is 5.86. The Hall–Kier alpha value is -0.910. The van der Waals surface area contributed by atoms with Crippen molar-refractivity contribution in [3.63, 3.8) is 0 Å². The molecule has 9 heteroatoms. The quantitative estimate of drug-likeness (QED) is 0.214. The minimum atomic E-state index is -3.65. The highest BCUT2D eigenvalue weighted by Crippen LogP contribution is 2.08. The number of aliphatic imine (C=N–C) groups is 1. The van der Waals surface area contributed by atoms with Crippen molar-refractivity contribution < 1.29 is 13.2 Å². The number of rotatable bonds is 9. The Morgan fingerprint density at radius 2 is 1.88 bits per heavy atom. The van der Waals surface area contributed by atoms with Crippen LogP contribution in [0.1, 0.15) is 25.8 Å². The number of ether oxygens (including phenoxy) is 1. The molecule has 0 aromatic heterocycles. The van der Waals surface area contributed by atoms with Crippen LogP contribution in [0.5, 0.6) is 0 Å². The lowest BCUT2D eigenvalue weighted by molar-refractivity contribution is 0.108. The van der Waals surface area contributed by atoms with Gasteiger partial charge in [0.15, 0.2) is 5.96 Å². The normalized spacial score (nSPS) is 12.0. The van der Waals surface area contributed by atoms with E-state index < -0.39 is 10.0 Å². The summed E-state index contributed by atoms with van der Waals surface area (Å²) in [7, 11) is -1.95. The van der Waals surface area contributed by atoms with Crippen LogP contribution in [0.25, 0.3) is 0 Å². The van der Waals surface area contributed by atoms with Crippen molar-refractivity contribution in [2.45, 2.75) is 31.7 Å². The molecule has 4 N–H and O–H groups in total. The van der Waals surface area contributed by atoms with E-state index >= 15 is 0 Å². The summed E-state index contributed by atoms with van der Waals surface area (Å²) in [4.78, 5) is 4.25. The Balaban J connectivity index is 0.00000576. The van der Waals surface area contributed by atoms with Crippen LogP contribution in [-0.4, -0.2) is 41.2 Å². The highest BCUT2D eigenvalue weighted by atomic mass is 127. The van der Waals surface area contributed by atoms with Crippen LogP contribution in [0.15, 0.2) is 34.2 Å². The third-order valence-electron chi connectivity index (χ3n) is 3.14. The minimum absolute atomic E-state index is 0. The third-order valence-corrected chi connectivity index (χ3v) is 4.07. The molecule has 1 rings (SSSR count). The second kappa shape index (κ2) is 12.4. The van der Waals surface area contributed by atoms with Gasteiger partial charge in [-0.1, -0.05) is 26.0 Å². The molecule has 0 radical (unpaired) electrons. The Kier molecular flexibility index (Phi) is 12.0. The average molecular weight is 484 g/mol.